The van der Waals surface area contributed by atoms with Crippen molar-refractivity contribution in [3.63, 3.8) is 0 Å². The van der Waals surface area contributed by atoms with Crippen molar-refractivity contribution >= 4 is 24.1 Å². The Morgan fingerprint density at radius 1 is 1.36 bits per heavy atom. The molecule has 0 atom stereocenters. The van der Waals surface area contributed by atoms with Crippen LogP contribution in [0.5, 0.6) is 0 Å². The van der Waals surface area contributed by atoms with Crippen molar-refractivity contribution in [3.8, 4) is 0 Å². The van der Waals surface area contributed by atoms with Crippen molar-refractivity contribution in [2.45, 2.75) is 6.42 Å². The topological polar surface area (TPSA) is 69.6 Å². The normalized spacial score (nSPS) is 14.6. The Hall–Kier alpha value is -1.33. The van der Waals surface area contributed by atoms with Crippen molar-refractivity contribution in [2.24, 2.45) is 0 Å². The number of benzene rings is 1. The second kappa shape index (κ2) is 3.44. The van der Waals surface area contributed by atoms with Crippen LogP contribution in [0.2, 0.25) is 0 Å². The molecule has 0 aromatic heterocycles. The van der Waals surface area contributed by atoms with Gasteiger partial charge >= 0.3 is 7.12 Å². The van der Waals surface area contributed by atoms with Crippen molar-refractivity contribution in [2.75, 3.05) is 11.9 Å². The van der Waals surface area contributed by atoms with Gasteiger partial charge in [-0.15, -0.1) is 0 Å². The van der Waals surface area contributed by atoms with Gasteiger partial charge in [-0.05, 0) is 17.6 Å². The molecule has 0 bridgehead atoms. The van der Waals surface area contributed by atoms with E-state index in [-0.39, 0.29) is 5.78 Å². The maximum Gasteiger partial charge on any atom is 0.488 e. The van der Waals surface area contributed by atoms with Gasteiger partial charge < -0.3 is 15.4 Å². The van der Waals surface area contributed by atoms with E-state index in [2.05, 4.69) is 5.32 Å². The number of ketones is 1. The summed E-state index contributed by atoms with van der Waals surface area (Å²) >= 11 is 0. The fourth-order valence-corrected chi connectivity index (χ4v) is 1.55. The standard InChI is InChI=1S/C9H10BNO3/c12-9-3-4-11-8-2-1-6(10(13)14)5-7(8)9/h1-2,5,11,13-14H,3-4H2. The molecule has 0 saturated heterocycles. The Morgan fingerprint density at radius 3 is 2.86 bits per heavy atom. The van der Waals surface area contributed by atoms with Crippen LogP contribution >= 0.6 is 0 Å². The Balaban J connectivity index is 2.46. The first-order valence-electron chi connectivity index (χ1n) is 4.45. The number of carbonyl (C=O) groups excluding carboxylic acids is 1. The molecule has 1 aliphatic heterocycles. The van der Waals surface area contributed by atoms with E-state index in [1.165, 1.54) is 6.07 Å². The number of Topliss-reactive ketones (excluding diaryl/α,β-unsaturated/α-hetero) is 1. The molecule has 1 aromatic carbocycles. The van der Waals surface area contributed by atoms with Crippen molar-refractivity contribution in [3.05, 3.63) is 23.8 Å². The summed E-state index contributed by atoms with van der Waals surface area (Å²) in [6.45, 7) is 0.646. The second-order valence-electron chi connectivity index (χ2n) is 3.28. The molecule has 0 radical (unpaired) electrons. The maximum absolute atomic E-state index is 11.5. The summed E-state index contributed by atoms with van der Waals surface area (Å²) in [4.78, 5) is 11.5. The highest BCUT2D eigenvalue weighted by molar-refractivity contribution is 6.58. The SMILES string of the molecule is O=C1CCNc2ccc(B(O)O)cc21. The molecule has 0 amide bonds. The predicted octanol–water partition coefficient (Wildman–Crippen LogP) is -0.635. The molecule has 2 rings (SSSR count). The van der Waals surface area contributed by atoms with Gasteiger partial charge in [-0.25, -0.2) is 0 Å². The summed E-state index contributed by atoms with van der Waals surface area (Å²) in [6, 6.07) is 4.81. The monoisotopic (exact) mass is 191 g/mol. The van der Waals surface area contributed by atoms with E-state index in [1.54, 1.807) is 12.1 Å². The van der Waals surface area contributed by atoms with Crippen LogP contribution in [0.15, 0.2) is 18.2 Å². The average molecular weight is 191 g/mol. The molecule has 1 aliphatic rings. The van der Waals surface area contributed by atoms with Crippen LogP contribution in [-0.4, -0.2) is 29.5 Å². The third kappa shape index (κ3) is 1.52. The van der Waals surface area contributed by atoms with Gasteiger partial charge in [0.15, 0.2) is 5.78 Å². The Labute approximate surface area is 81.7 Å². The average Bonchev–Trinajstić information content (AvgIpc) is 2.18. The van der Waals surface area contributed by atoms with Crippen LogP contribution in [0.4, 0.5) is 5.69 Å². The molecule has 1 heterocycles. The van der Waals surface area contributed by atoms with Gasteiger partial charge in [0.25, 0.3) is 0 Å². The minimum absolute atomic E-state index is 0.0428. The highest BCUT2D eigenvalue weighted by Gasteiger charge is 2.19. The van der Waals surface area contributed by atoms with Gasteiger partial charge in [-0.2, -0.15) is 0 Å². The number of anilines is 1. The number of nitrogens with one attached hydrogen (secondary N) is 1. The summed E-state index contributed by atoms with van der Waals surface area (Å²) in [5.74, 6) is 0.0428. The zero-order chi connectivity index (χ0) is 10.1. The van der Waals surface area contributed by atoms with E-state index in [1.807, 2.05) is 0 Å². The van der Waals surface area contributed by atoms with Crippen LogP contribution in [0.3, 0.4) is 0 Å². The van der Waals surface area contributed by atoms with E-state index in [9.17, 15) is 4.79 Å². The molecule has 0 aliphatic carbocycles. The van der Waals surface area contributed by atoms with E-state index in [0.717, 1.165) is 5.69 Å². The molecule has 0 fully saturated rings. The Bertz CT molecular complexity index is 378. The molecule has 1 aromatic rings. The third-order valence-corrected chi connectivity index (χ3v) is 2.31. The van der Waals surface area contributed by atoms with E-state index >= 15 is 0 Å². The first kappa shape index (κ1) is 9.24. The maximum atomic E-state index is 11.5. The van der Waals surface area contributed by atoms with Gasteiger partial charge in [0.2, 0.25) is 0 Å². The molecule has 3 N–H and O–H groups in total. The lowest BCUT2D eigenvalue weighted by molar-refractivity contribution is 0.0984. The number of hydrogen-bond donors (Lipinski definition) is 3. The molecular weight excluding hydrogens is 181 g/mol. The van der Waals surface area contributed by atoms with Gasteiger partial charge in [0, 0.05) is 24.2 Å². The highest BCUT2D eigenvalue weighted by atomic mass is 16.4. The van der Waals surface area contributed by atoms with Gasteiger partial charge in [-0.1, -0.05) is 6.07 Å². The number of fused-ring (bicyclic) bond motifs is 1. The van der Waals surface area contributed by atoms with Crippen LogP contribution < -0.4 is 10.8 Å². The molecule has 0 saturated carbocycles. The van der Waals surface area contributed by atoms with Gasteiger partial charge in [0.05, 0.1) is 0 Å². The highest BCUT2D eigenvalue weighted by Crippen LogP contribution is 2.19. The Morgan fingerprint density at radius 2 is 2.14 bits per heavy atom. The van der Waals surface area contributed by atoms with Crippen molar-refractivity contribution in [1.82, 2.24) is 0 Å². The van der Waals surface area contributed by atoms with Gasteiger partial charge in [-0.3, -0.25) is 4.79 Å². The molecule has 5 heteroatoms. The summed E-state index contributed by atoms with van der Waals surface area (Å²) in [5, 5.41) is 20.9. The van der Waals surface area contributed by atoms with Crippen molar-refractivity contribution in [1.29, 1.82) is 0 Å². The first-order valence-corrected chi connectivity index (χ1v) is 4.45. The predicted molar refractivity (Wildman–Crippen MR) is 53.7 cm³/mol. The van der Waals surface area contributed by atoms with Crippen LogP contribution in [-0.2, 0) is 0 Å². The quantitative estimate of drug-likeness (QED) is 0.516. The fraction of sp³-hybridized carbons (Fsp3) is 0.222. The fourth-order valence-electron chi connectivity index (χ4n) is 1.55. The smallest absolute Gasteiger partial charge is 0.423 e. The van der Waals surface area contributed by atoms with Crippen LogP contribution in [0.25, 0.3) is 0 Å². The number of carbonyl (C=O) groups is 1. The molecule has 0 spiro atoms. The second-order valence-corrected chi connectivity index (χ2v) is 3.28. The zero-order valence-corrected chi connectivity index (χ0v) is 7.53. The van der Waals surface area contributed by atoms with E-state index < -0.39 is 7.12 Å². The third-order valence-electron chi connectivity index (χ3n) is 2.31. The van der Waals surface area contributed by atoms with Crippen LogP contribution in [0, 0.1) is 0 Å². The van der Waals surface area contributed by atoms with Gasteiger partial charge in [0.1, 0.15) is 0 Å². The lowest BCUT2D eigenvalue weighted by atomic mass is 9.78. The van der Waals surface area contributed by atoms with Crippen LogP contribution in [0.1, 0.15) is 16.8 Å². The summed E-state index contributed by atoms with van der Waals surface area (Å²) < 4.78 is 0. The number of hydrogen-bond acceptors (Lipinski definition) is 4. The van der Waals surface area contributed by atoms with E-state index in [0.29, 0.717) is 24.0 Å². The number of rotatable bonds is 1. The Kier molecular flexibility index (Phi) is 2.27. The summed E-state index contributed by atoms with van der Waals surface area (Å²) in [7, 11) is -1.52. The zero-order valence-electron chi connectivity index (χ0n) is 7.53. The minimum atomic E-state index is -1.52. The van der Waals surface area contributed by atoms with Crippen molar-refractivity contribution < 1.29 is 14.8 Å². The molecule has 14 heavy (non-hydrogen) atoms. The molecule has 0 unspecified atom stereocenters. The molecular formula is C9H10BNO3. The summed E-state index contributed by atoms with van der Waals surface area (Å²) in [5.41, 5.74) is 1.66. The van der Waals surface area contributed by atoms with E-state index in [4.69, 9.17) is 10.0 Å². The minimum Gasteiger partial charge on any atom is -0.423 e. The summed E-state index contributed by atoms with van der Waals surface area (Å²) in [6.07, 6.45) is 0.456. The molecule has 4 nitrogen and oxygen atoms in total. The lowest BCUT2D eigenvalue weighted by Gasteiger charge is -2.17. The largest absolute Gasteiger partial charge is 0.488 e. The lowest BCUT2D eigenvalue weighted by Crippen LogP contribution is -2.31. The first-order chi connectivity index (χ1) is 6.68. The molecule has 72 valence electrons.